The molecule has 10 atom stereocenters. The Morgan fingerprint density at radius 2 is 1.20 bits per heavy atom. The minimum atomic E-state index is -1.73. The molecule has 4 aromatic carbocycles. The average Bonchev–Trinajstić information content (AvgIpc) is 3.30. The third-order valence-electron chi connectivity index (χ3n) is 10.7. The van der Waals surface area contributed by atoms with Gasteiger partial charge in [-0.2, -0.15) is 0 Å². The first-order chi connectivity index (χ1) is 31.2. The van der Waals surface area contributed by atoms with Crippen LogP contribution in [-0.4, -0.2) is 130 Å². The number of carbonyl (C=O) groups is 4. The van der Waals surface area contributed by atoms with Crippen molar-refractivity contribution in [2.24, 2.45) is 0 Å². The van der Waals surface area contributed by atoms with Gasteiger partial charge in [-0.3, -0.25) is 4.79 Å². The highest BCUT2D eigenvalue weighted by Gasteiger charge is 2.56. The number of ether oxygens (including phenoxy) is 9. The van der Waals surface area contributed by atoms with E-state index >= 15 is 0 Å². The minimum Gasteiger partial charge on any atom is -0.497 e. The van der Waals surface area contributed by atoms with Gasteiger partial charge >= 0.3 is 17.9 Å². The Hall–Kier alpha value is -5.50. The summed E-state index contributed by atoms with van der Waals surface area (Å²) in [7, 11) is -0.193. The number of nitrogens with one attached hydrogen (secondary N) is 1. The van der Waals surface area contributed by atoms with Crippen molar-refractivity contribution in [3.8, 4) is 5.75 Å². The summed E-state index contributed by atoms with van der Waals surface area (Å²) in [6.45, 7) is 6.62. The molecule has 3 N–H and O–H groups in total. The van der Waals surface area contributed by atoms with Crippen LogP contribution < -0.4 is 10.1 Å². The topological polar surface area (TPSA) is 204 Å². The number of aliphatic hydroxyl groups is 2. The van der Waals surface area contributed by atoms with Crippen LogP contribution in [0.25, 0.3) is 0 Å². The van der Waals surface area contributed by atoms with Crippen LogP contribution in [0.15, 0.2) is 115 Å². The molecule has 0 aliphatic carbocycles. The van der Waals surface area contributed by atoms with E-state index in [0.717, 1.165) is 0 Å². The van der Waals surface area contributed by atoms with Crippen molar-refractivity contribution in [3.63, 3.8) is 0 Å². The lowest BCUT2D eigenvalue weighted by molar-refractivity contribution is -0.347. The first kappa shape index (κ1) is 48.9. The molecule has 0 saturated carbocycles. The Bertz CT molecular complexity index is 2140. The molecular weight excluding hydrogens is 859 g/mol. The molecule has 4 aromatic rings. The number of amides is 1. The molecule has 17 heteroatoms. The number of aliphatic hydroxyl groups excluding tert-OH is 2. The van der Waals surface area contributed by atoms with Crippen molar-refractivity contribution in [2.45, 2.75) is 101 Å². The van der Waals surface area contributed by atoms with Gasteiger partial charge in [-0.1, -0.05) is 86.4 Å². The highest BCUT2D eigenvalue weighted by atomic mass is 28.3. The van der Waals surface area contributed by atoms with Crippen LogP contribution in [-0.2, 0) is 49.3 Å². The lowest BCUT2D eigenvalue weighted by atomic mass is 9.94. The molecule has 2 aliphatic heterocycles. The van der Waals surface area contributed by atoms with Gasteiger partial charge < -0.3 is 58.2 Å². The summed E-state index contributed by atoms with van der Waals surface area (Å²) in [5.41, 5.74) is 1.26. The van der Waals surface area contributed by atoms with Crippen molar-refractivity contribution >= 4 is 31.9 Å². The van der Waals surface area contributed by atoms with Crippen molar-refractivity contribution in [1.82, 2.24) is 5.32 Å². The fraction of sp³-hybridized carbons (Fsp3) is 0.417. The first-order valence-electron chi connectivity index (χ1n) is 21.4. The van der Waals surface area contributed by atoms with E-state index in [1.54, 1.807) is 103 Å². The standard InChI is InChI=1S/C48H57NO15Si/c1-30(51)49-38-41(58-28-31-21-23-35(56-2)24-22-31)39(52)36(27-50)60-47(38)64-42-40(62-45(54)33-17-11-7-12-18-33)37(29-59-44(53)32-15-9-6-10-16-32)61-48(57-25-26-65(3,4)5)43(42)63-46(55)34-19-13-8-14-20-34/h6-24,36-43,47-48,50,52H,25-29H2,1-5H3,(H,49,51)/t36-,37-,38-,39-,40+,41-,42+,43-,47+,48-/m1/s1. The number of carbonyl (C=O) groups excluding carboxylic acids is 4. The number of hydrogen-bond acceptors (Lipinski definition) is 15. The van der Waals surface area contributed by atoms with E-state index in [1.165, 1.54) is 26.2 Å². The molecule has 0 bridgehead atoms. The van der Waals surface area contributed by atoms with E-state index in [1.807, 2.05) is 0 Å². The van der Waals surface area contributed by atoms with E-state index in [4.69, 9.17) is 42.6 Å². The van der Waals surface area contributed by atoms with Crippen molar-refractivity contribution in [1.29, 1.82) is 0 Å². The van der Waals surface area contributed by atoms with Crippen molar-refractivity contribution in [3.05, 3.63) is 138 Å². The minimum absolute atomic E-state index is 0.0551. The fourth-order valence-electron chi connectivity index (χ4n) is 7.24. The number of rotatable bonds is 19. The smallest absolute Gasteiger partial charge is 0.338 e. The van der Waals surface area contributed by atoms with Gasteiger partial charge in [-0.15, -0.1) is 0 Å². The molecule has 1 amide bonds. The predicted octanol–water partition coefficient (Wildman–Crippen LogP) is 4.94. The quantitative estimate of drug-likeness (QED) is 0.0648. The Morgan fingerprint density at radius 3 is 1.72 bits per heavy atom. The van der Waals surface area contributed by atoms with Crippen LogP contribution in [0, 0.1) is 0 Å². The van der Waals surface area contributed by atoms with Gasteiger partial charge in [0.05, 0.1) is 37.0 Å². The summed E-state index contributed by atoms with van der Waals surface area (Å²) in [5.74, 6) is -2.27. The maximum Gasteiger partial charge on any atom is 0.338 e. The van der Waals surface area contributed by atoms with Gasteiger partial charge in [0, 0.05) is 21.6 Å². The molecule has 2 aliphatic rings. The molecule has 6 rings (SSSR count). The Morgan fingerprint density at radius 1 is 0.662 bits per heavy atom. The number of esters is 3. The zero-order valence-corrected chi connectivity index (χ0v) is 38.0. The van der Waals surface area contributed by atoms with Crippen LogP contribution in [0.4, 0.5) is 0 Å². The van der Waals surface area contributed by atoms with Crippen LogP contribution in [0.3, 0.4) is 0 Å². The normalized spacial score (nSPS) is 25.5. The first-order valence-corrected chi connectivity index (χ1v) is 25.1. The Kier molecular flexibility index (Phi) is 17.4. The summed E-state index contributed by atoms with van der Waals surface area (Å²) < 4.78 is 55.9. The van der Waals surface area contributed by atoms with Gasteiger partial charge in [0.25, 0.3) is 0 Å². The monoisotopic (exact) mass is 915 g/mol. The molecule has 0 spiro atoms. The van der Waals surface area contributed by atoms with E-state index in [0.29, 0.717) is 17.4 Å². The average molecular weight is 916 g/mol. The SMILES string of the molecule is COc1ccc(CO[C@H]2[C@H](O)[C@@H](CO)O[C@@H](O[C@H]3[C@@H](OC(=O)c4ccccc4)[C@@H](COC(=O)c4ccccc4)O[C@@H](OCC[Si](C)(C)C)[C@@H]3OC(=O)c3ccccc3)[C@@H]2NC(C)=O)cc1. The number of benzene rings is 4. The molecule has 348 valence electrons. The summed E-state index contributed by atoms with van der Waals surface area (Å²) >= 11 is 0. The van der Waals surface area contributed by atoms with Crippen molar-refractivity contribution < 1.29 is 72.0 Å². The van der Waals surface area contributed by atoms with E-state index in [9.17, 15) is 29.4 Å². The van der Waals surface area contributed by atoms with Gasteiger partial charge in [-0.25, -0.2) is 14.4 Å². The summed E-state index contributed by atoms with van der Waals surface area (Å²) in [6.07, 6.45) is -13.1. The molecule has 0 radical (unpaired) electrons. The highest BCUT2D eigenvalue weighted by Crippen LogP contribution is 2.35. The molecule has 0 unspecified atom stereocenters. The molecule has 0 aromatic heterocycles. The van der Waals surface area contributed by atoms with Crippen LogP contribution in [0.1, 0.15) is 43.6 Å². The van der Waals surface area contributed by atoms with Crippen LogP contribution in [0.5, 0.6) is 5.75 Å². The second-order valence-corrected chi connectivity index (χ2v) is 22.4. The zero-order chi connectivity index (χ0) is 46.5. The maximum atomic E-state index is 14.1. The van der Waals surface area contributed by atoms with Crippen molar-refractivity contribution in [2.75, 3.05) is 26.9 Å². The zero-order valence-electron chi connectivity index (χ0n) is 37.0. The van der Waals surface area contributed by atoms with Crippen LogP contribution in [0.2, 0.25) is 25.7 Å². The molecule has 2 heterocycles. The number of methoxy groups -OCH3 is 1. The lowest BCUT2D eigenvalue weighted by Crippen LogP contribution is -2.69. The van der Waals surface area contributed by atoms with Gasteiger partial charge in [-0.05, 0) is 60.1 Å². The van der Waals surface area contributed by atoms with Crippen LogP contribution >= 0.6 is 0 Å². The van der Waals surface area contributed by atoms with Gasteiger partial charge in [0.15, 0.2) is 24.8 Å². The van der Waals surface area contributed by atoms with E-state index in [2.05, 4.69) is 25.0 Å². The van der Waals surface area contributed by atoms with E-state index in [-0.39, 0.29) is 29.9 Å². The summed E-state index contributed by atoms with van der Waals surface area (Å²) in [4.78, 5) is 54.5. The summed E-state index contributed by atoms with van der Waals surface area (Å²) in [5, 5.41) is 24.9. The van der Waals surface area contributed by atoms with Gasteiger partial charge in [0.2, 0.25) is 5.91 Å². The highest BCUT2D eigenvalue weighted by molar-refractivity contribution is 6.76. The lowest BCUT2D eigenvalue weighted by Gasteiger charge is -2.49. The molecule has 16 nitrogen and oxygen atoms in total. The van der Waals surface area contributed by atoms with E-state index < -0.39 is 106 Å². The molecular formula is C48H57NO15Si. The molecule has 65 heavy (non-hydrogen) atoms. The predicted molar refractivity (Wildman–Crippen MR) is 237 cm³/mol. The largest absolute Gasteiger partial charge is 0.497 e. The third kappa shape index (κ3) is 13.5. The second-order valence-electron chi connectivity index (χ2n) is 16.8. The maximum absolute atomic E-state index is 14.1. The third-order valence-corrected chi connectivity index (χ3v) is 12.4. The molecule has 2 saturated heterocycles. The molecule has 2 fully saturated rings. The number of hydrogen-bond donors (Lipinski definition) is 3. The fourth-order valence-corrected chi connectivity index (χ4v) is 7.97. The second kappa shape index (κ2) is 23.1. The Labute approximate surface area is 379 Å². The van der Waals surface area contributed by atoms with Gasteiger partial charge in [0.1, 0.15) is 48.9 Å². The summed E-state index contributed by atoms with van der Waals surface area (Å²) in [6, 6.07) is 30.9. The Balaban J connectivity index is 1.44.